The van der Waals surface area contributed by atoms with Crippen molar-refractivity contribution in [2.45, 2.75) is 71.3 Å². The summed E-state index contributed by atoms with van der Waals surface area (Å²) in [5.74, 6) is 1.96. The van der Waals surface area contributed by atoms with Gasteiger partial charge in [0.2, 0.25) is 17.4 Å². The normalized spacial score (nSPS) is 14.2. The maximum absolute atomic E-state index is 13.1. The number of nitrogens with one attached hydrogen (secondary N) is 1. The third-order valence-electron chi connectivity index (χ3n) is 6.95. The molecule has 0 atom stereocenters. The van der Waals surface area contributed by atoms with E-state index in [2.05, 4.69) is 61.9 Å². The molecule has 0 spiro atoms. The first-order valence-electron chi connectivity index (χ1n) is 13.0. The van der Waals surface area contributed by atoms with E-state index in [0.29, 0.717) is 18.1 Å². The summed E-state index contributed by atoms with van der Waals surface area (Å²) in [6.07, 6.45) is 12.8. The van der Waals surface area contributed by atoms with E-state index >= 15 is 0 Å². The van der Waals surface area contributed by atoms with E-state index in [-0.39, 0.29) is 11.7 Å². The minimum Gasteiger partial charge on any atom is -0.290 e. The molecule has 1 aromatic carbocycles. The lowest BCUT2D eigenvalue weighted by Crippen LogP contribution is -2.19. The van der Waals surface area contributed by atoms with Gasteiger partial charge in [0.1, 0.15) is 5.82 Å². The lowest BCUT2D eigenvalue weighted by atomic mass is 9.86. The number of hydrogen-bond donors (Lipinski definition) is 1. The van der Waals surface area contributed by atoms with E-state index in [1.165, 1.54) is 6.42 Å². The first-order chi connectivity index (χ1) is 17.7. The van der Waals surface area contributed by atoms with E-state index in [0.717, 1.165) is 79.6 Å². The van der Waals surface area contributed by atoms with E-state index in [4.69, 9.17) is 4.98 Å². The Kier molecular flexibility index (Phi) is 7.54. The molecule has 1 N–H and O–H groups in total. The van der Waals surface area contributed by atoms with Crippen molar-refractivity contribution in [3.8, 4) is 22.5 Å². The number of H-pyrrole nitrogens is 1. The van der Waals surface area contributed by atoms with Crippen molar-refractivity contribution in [3.63, 3.8) is 0 Å². The average Bonchev–Trinajstić information content (AvgIpc) is 3.60. The van der Waals surface area contributed by atoms with Crippen molar-refractivity contribution in [1.82, 2.24) is 40.4 Å². The lowest BCUT2D eigenvalue weighted by molar-refractivity contribution is 0.0878. The Hall–Kier alpha value is -3.75. The molecule has 9 heteroatoms. The SMILES string of the molecule is CCCCCn1nc(C(=O)C2CCCCC2)nc1Cc1ccc(-c2ccncc2-c2nn[nH]n2)cc1. The molecular formula is C27H32N8O. The number of unbranched alkanes of at least 4 members (excludes halogenated alkanes) is 2. The van der Waals surface area contributed by atoms with E-state index in [9.17, 15) is 4.79 Å². The number of rotatable bonds is 10. The Morgan fingerprint density at radius 2 is 1.89 bits per heavy atom. The lowest BCUT2D eigenvalue weighted by Gasteiger charge is -2.18. The maximum atomic E-state index is 13.1. The summed E-state index contributed by atoms with van der Waals surface area (Å²) < 4.78 is 1.96. The van der Waals surface area contributed by atoms with Crippen molar-refractivity contribution in [2.24, 2.45) is 5.92 Å². The molecule has 0 unspecified atom stereocenters. The monoisotopic (exact) mass is 484 g/mol. The van der Waals surface area contributed by atoms with Gasteiger partial charge in [-0.25, -0.2) is 9.67 Å². The molecular weight excluding hydrogens is 452 g/mol. The number of Topliss-reactive ketones (excluding diaryl/α,β-unsaturated/α-hetero) is 1. The van der Waals surface area contributed by atoms with Crippen LogP contribution in [0.1, 0.15) is 80.3 Å². The van der Waals surface area contributed by atoms with Crippen molar-refractivity contribution < 1.29 is 4.79 Å². The van der Waals surface area contributed by atoms with Crippen LogP contribution >= 0.6 is 0 Å². The quantitative estimate of drug-likeness (QED) is 0.247. The topological polar surface area (TPSA) is 115 Å². The molecule has 36 heavy (non-hydrogen) atoms. The van der Waals surface area contributed by atoms with Gasteiger partial charge in [0.05, 0.1) is 0 Å². The number of nitrogens with zero attached hydrogens (tertiary/aromatic N) is 7. The van der Waals surface area contributed by atoms with Crippen molar-refractivity contribution in [1.29, 1.82) is 0 Å². The first kappa shape index (κ1) is 24.0. The Morgan fingerprint density at radius 3 is 2.64 bits per heavy atom. The summed E-state index contributed by atoms with van der Waals surface area (Å²) in [7, 11) is 0. The maximum Gasteiger partial charge on any atom is 0.217 e. The molecule has 0 amide bonds. The highest BCUT2D eigenvalue weighted by atomic mass is 16.1. The van der Waals surface area contributed by atoms with Crippen LogP contribution in [0.25, 0.3) is 22.5 Å². The number of carbonyl (C=O) groups excluding carboxylic acids is 1. The summed E-state index contributed by atoms with van der Waals surface area (Å²) in [6.45, 7) is 2.98. The number of aryl methyl sites for hydroxylation is 1. The van der Waals surface area contributed by atoms with Crippen LogP contribution in [0.15, 0.2) is 42.7 Å². The molecule has 0 aliphatic heterocycles. The minimum atomic E-state index is 0.0751. The molecule has 0 radical (unpaired) electrons. The molecule has 1 aliphatic carbocycles. The Bertz CT molecular complexity index is 1270. The molecule has 1 fully saturated rings. The van der Waals surface area contributed by atoms with Crippen LogP contribution in [-0.4, -0.2) is 46.2 Å². The number of tetrazole rings is 1. The Balaban J connectivity index is 1.37. The fourth-order valence-electron chi connectivity index (χ4n) is 4.93. The van der Waals surface area contributed by atoms with Gasteiger partial charge < -0.3 is 0 Å². The number of benzene rings is 1. The number of aromatic amines is 1. The third-order valence-corrected chi connectivity index (χ3v) is 6.95. The van der Waals surface area contributed by atoms with Gasteiger partial charge in [-0.1, -0.05) is 63.3 Å². The molecule has 3 aromatic heterocycles. The van der Waals surface area contributed by atoms with Crippen LogP contribution in [0.5, 0.6) is 0 Å². The summed E-state index contributed by atoms with van der Waals surface area (Å²) >= 11 is 0. The molecule has 4 aromatic rings. The van der Waals surface area contributed by atoms with Crippen LogP contribution in [0.2, 0.25) is 0 Å². The standard InChI is InChI=1S/C27H32N8O/c1-2-3-7-16-35-24(29-27(32-35)25(36)21-8-5-4-6-9-21)17-19-10-12-20(13-11-19)22-14-15-28-18-23(22)26-30-33-34-31-26/h10-15,18,21H,2-9,16-17H2,1H3,(H,30,31,33,34). The predicted molar refractivity (Wildman–Crippen MR) is 136 cm³/mol. The first-order valence-corrected chi connectivity index (χ1v) is 13.0. The fourth-order valence-corrected chi connectivity index (χ4v) is 4.93. The second-order valence-corrected chi connectivity index (χ2v) is 9.51. The Morgan fingerprint density at radius 1 is 1.06 bits per heavy atom. The van der Waals surface area contributed by atoms with Crippen LogP contribution in [-0.2, 0) is 13.0 Å². The van der Waals surface area contributed by atoms with Gasteiger partial charge in [0, 0.05) is 36.8 Å². The van der Waals surface area contributed by atoms with Crippen LogP contribution < -0.4 is 0 Å². The summed E-state index contributed by atoms with van der Waals surface area (Å²) in [5, 5.41) is 19.1. The number of pyridine rings is 1. The van der Waals surface area contributed by atoms with Crippen molar-refractivity contribution >= 4 is 5.78 Å². The average molecular weight is 485 g/mol. The second kappa shape index (κ2) is 11.3. The minimum absolute atomic E-state index is 0.0751. The van der Waals surface area contributed by atoms with Crippen LogP contribution in [0.4, 0.5) is 0 Å². The highest BCUT2D eigenvalue weighted by Gasteiger charge is 2.26. The molecule has 5 rings (SSSR count). The predicted octanol–water partition coefficient (Wildman–Crippen LogP) is 5.06. The molecule has 3 heterocycles. The molecule has 9 nitrogen and oxygen atoms in total. The third kappa shape index (κ3) is 5.40. The van der Waals surface area contributed by atoms with Gasteiger partial charge in [0.15, 0.2) is 0 Å². The van der Waals surface area contributed by atoms with Gasteiger partial charge in [-0.3, -0.25) is 9.78 Å². The fraction of sp³-hybridized carbons (Fsp3) is 0.444. The van der Waals surface area contributed by atoms with E-state index in [1.54, 1.807) is 12.4 Å². The van der Waals surface area contributed by atoms with Gasteiger partial charge in [-0.15, -0.1) is 15.3 Å². The zero-order valence-corrected chi connectivity index (χ0v) is 20.7. The molecule has 0 bridgehead atoms. The highest BCUT2D eigenvalue weighted by molar-refractivity contribution is 5.94. The molecule has 1 saturated carbocycles. The van der Waals surface area contributed by atoms with E-state index < -0.39 is 0 Å². The number of aromatic nitrogens is 8. The van der Waals surface area contributed by atoms with Crippen molar-refractivity contribution in [3.05, 3.63) is 59.9 Å². The smallest absolute Gasteiger partial charge is 0.217 e. The van der Waals surface area contributed by atoms with Gasteiger partial charge in [-0.2, -0.15) is 5.21 Å². The summed E-state index contributed by atoms with van der Waals surface area (Å²) in [4.78, 5) is 22.1. The number of carbonyl (C=O) groups is 1. The summed E-state index contributed by atoms with van der Waals surface area (Å²) in [6, 6.07) is 10.3. The van der Waals surface area contributed by atoms with Gasteiger partial charge in [-0.05, 0) is 47.2 Å². The van der Waals surface area contributed by atoms with Crippen LogP contribution in [0, 0.1) is 5.92 Å². The number of hydrogen-bond acceptors (Lipinski definition) is 7. The zero-order valence-electron chi connectivity index (χ0n) is 20.7. The largest absolute Gasteiger partial charge is 0.290 e. The van der Waals surface area contributed by atoms with Crippen molar-refractivity contribution in [2.75, 3.05) is 0 Å². The molecule has 186 valence electrons. The number of ketones is 1. The highest BCUT2D eigenvalue weighted by Crippen LogP contribution is 2.30. The Labute approximate surface area is 210 Å². The zero-order chi connectivity index (χ0) is 24.7. The molecule has 1 aliphatic rings. The van der Waals surface area contributed by atoms with Crippen LogP contribution in [0.3, 0.4) is 0 Å². The molecule has 0 saturated heterocycles. The van der Waals surface area contributed by atoms with Gasteiger partial charge in [0.25, 0.3) is 0 Å². The van der Waals surface area contributed by atoms with Gasteiger partial charge >= 0.3 is 0 Å². The second-order valence-electron chi connectivity index (χ2n) is 9.51. The van der Waals surface area contributed by atoms with E-state index in [1.807, 2.05) is 10.7 Å². The summed E-state index contributed by atoms with van der Waals surface area (Å²) in [5.41, 5.74) is 3.97.